The molecule has 1 amide bonds. The molecule has 0 saturated heterocycles. The van der Waals surface area contributed by atoms with Crippen molar-refractivity contribution in [2.75, 3.05) is 5.32 Å². The number of amides is 1. The van der Waals surface area contributed by atoms with Crippen molar-refractivity contribution in [1.82, 2.24) is 0 Å². The highest BCUT2D eigenvalue weighted by Crippen LogP contribution is 2.17. The highest BCUT2D eigenvalue weighted by Gasteiger charge is 2.15. The Morgan fingerprint density at radius 1 is 1.11 bits per heavy atom. The zero-order valence-corrected chi connectivity index (χ0v) is 9.71. The first-order valence-electron chi connectivity index (χ1n) is 5.57. The smallest absolute Gasteiger partial charge is 0.245 e. The van der Waals surface area contributed by atoms with Crippen LogP contribution in [0.4, 0.5) is 5.69 Å². The quantitative estimate of drug-likeness (QED) is 0.770. The van der Waals surface area contributed by atoms with Gasteiger partial charge in [-0.15, -0.1) is 0 Å². The van der Waals surface area contributed by atoms with Crippen LogP contribution in [-0.2, 0) is 4.79 Å². The SMILES string of the molecule is NC(C(=O)Nc1cccc(O)c1)c1ccccc1. The Morgan fingerprint density at radius 2 is 1.83 bits per heavy atom. The normalized spacial score (nSPS) is 11.8. The summed E-state index contributed by atoms with van der Waals surface area (Å²) in [4.78, 5) is 11.9. The van der Waals surface area contributed by atoms with Crippen LogP contribution in [0.1, 0.15) is 11.6 Å². The molecular formula is C14H14N2O2. The van der Waals surface area contributed by atoms with E-state index in [1.54, 1.807) is 24.3 Å². The zero-order chi connectivity index (χ0) is 13.0. The summed E-state index contributed by atoms with van der Waals surface area (Å²) in [7, 11) is 0. The Labute approximate surface area is 105 Å². The molecule has 0 fully saturated rings. The molecule has 4 N–H and O–H groups in total. The number of nitrogens with one attached hydrogen (secondary N) is 1. The van der Waals surface area contributed by atoms with Crippen molar-refractivity contribution in [2.45, 2.75) is 6.04 Å². The third kappa shape index (κ3) is 2.87. The second-order valence-electron chi connectivity index (χ2n) is 3.93. The van der Waals surface area contributed by atoms with Gasteiger partial charge in [0.25, 0.3) is 0 Å². The van der Waals surface area contributed by atoms with Gasteiger partial charge in [0.05, 0.1) is 0 Å². The van der Waals surface area contributed by atoms with E-state index in [4.69, 9.17) is 5.73 Å². The molecule has 0 spiro atoms. The van der Waals surface area contributed by atoms with Gasteiger partial charge in [0, 0.05) is 11.8 Å². The Balaban J connectivity index is 2.09. The topological polar surface area (TPSA) is 75.4 Å². The lowest BCUT2D eigenvalue weighted by Crippen LogP contribution is -2.27. The molecule has 0 aliphatic heterocycles. The van der Waals surface area contributed by atoms with Crippen LogP contribution in [0, 0.1) is 0 Å². The lowest BCUT2D eigenvalue weighted by Gasteiger charge is -2.12. The molecule has 2 aromatic rings. The van der Waals surface area contributed by atoms with E-state index >= 15 is 0 Å². The molecule has 0 aliphatic carbocycles. The fourth-order valence-electron chi connectivity index (χ4n) is 1.62. The summed E-state index contributed by atoms with van der Waals surface area (Å²) < 4.78 is 0. The van der Waals surface area contributed by atoms with Gasteiger partial charge in [0.2, 0.25) is 5.91 Å². The van der Waals surface area contributed by atoms with Gasteiger partial charge in [-0.25, -0.2) is 0 Å². The predicted octanol–water partition coefficient (Wildman–Crippen LogP) is 2.03. The molecule has 92 valence electrons. The molecule has 0 saturated carbocycles. The number of phenols is 1. The fourth-order valence-corrected chi connectivity index (χ4v) is 1.62. The highest BCUT2D eigenvalue weighted by molar-refractivity contribution is 5.95. The first-order valence-corrected chi connectivity index (χ1v) is 5.57. The second kappa shape index (κ2) is 5.33. The van der Waals surface area contributed by atoms with Gasteiger partial charge < -0.3 is 16.2 Å². The van der Waals surface area contributed by atoms with E-state index in [-0.39, 0.29) is 11.7 Å². The molecule has 0 radical (unpaired) electrons. The van der Waals surface area contributed by atoms with Crippen molar-refractivity contribution in [3.8, 4) is 5.75 Å². The molecule has 4 heteroatoms. The van der Waals surface area contributed by atoms with Gasteiger partial charge in [-0.3, -0.25) is 4.79 Å². The minimum absolute atomic E-state index is 0.0982. The van der Waals surface area contributed by atoms with Gasteiger partial charge in [0.15, 0.2) is 0 Å². The molecule has 0 aliphatic rings. The second-order valence-corrected chi connectivity index (χ2v) is 3.93. The summed E-state index contributed by atoms with van der Waals surface area (Å²) in [6.45, 7) is 0. The van der Waals surface area contributed by atoms with E-state index in [9.17, 15) is 9.90 Å². The number of hydrogen-bond donors (Lipinski definition) is 3. The molecule has 0 heterocycles. The highest BCUT2D eigenvalue weighted by atomic mass is 16.3. The zero-order valence-electron chi connectivity index (χ0n) is 9.71. The molecular weight excluding hydrogens is 228 g/mol. The van der Waals surface area contributed by atoms with Crippen molar-refractivity contribution >= 4 is 11.6 Å². The van der Waals surface area contributed by atoms with E-state index in [1.807, 2.05) is 18.2 Å². The van der Waals surface area contributed by atoms with E-state index in [2.05, 4.69) is 5.32 Å². The number of carbonyl (C=O) groups excluding carboxylic acids is 1. The Kier molecular flexibility index (Phi) is 3.60. The monoisotopic (exact) mass is 242 g/mol. The first-order chi connectivity index (χ1) is 8.66. The van der Waals surface area contributed by atoms with Crippen LogP contribution in [0.25, 0.3) is 0 Å². The largest absolute Gasteiger partial charge is 0.508 e. The van der Waals surface area contributed by atoms with Gasteiger partial charge in [-0.05, 0) is 17.7 Å². The molecule has 2 aromatic carbocycles. The van der Waals surface area contributed by atoms with Crippen LogP contribution in [0.15, 0.2) is 54.6 Å². The minimum atomic E-state index is -0.728. The molecule has 0 bridgehead atoms. The van der Waals surface area contributed by atoms with Gasteiger partial charge >= 0.3 is 0 Å². The first kappa shape index (κ1) is 12.1. The number of carbonyl (C=O) groups is 1. The maximum absolute atomic E-state index is 11.9. The summed E-state index contributed by atoms with van der Waals surface area (Å²) in [5, 5.41) is 12.0. The van der Waals surface area contributed by atoms with E-state index in [0.717, 1.165) is 5.56 Å². The number of nitrogens with two attached hydrogens (primary N) is 1. The van der Waals surface area contributed by atoms with Crippen molar-refractivity contribution < 1.29 is 9.90 Å². The predicted molar refractivity (Wildman–Crippen MR) is 70.1 cm³/mol. The maximum atomic E-state index is 11.9. The van der Waals surface area contributed by atoms with Gasteiger partial charge in [0.1, 0.15) is 11.8 Å². The minimum Gasteiger partial charge on any atom is -0.508 e. The van der Waals surface area contributed by atoms with E-state index in [0.29, 0.717) is 5.69 Å². The van der Waals surface area contributed by atoms with Crippen LogP contribution < -0.4 is 11.1 Å². The average Bonchev–Trinajstić information content (AvgIpc) is 2.39. The van der Waals surface area contributed by atoms with E-state index in [1.165, 1.54) is 12.1 Å². The number of aromatic hydroxyl groups is 1. The molecule has 1 atom stereocenters. The third-order valence-electron chi connectivity index (χ3n) is 2.55. The van der Waals surface area contributed by atoms with Gasteiger partial charge in [-0.1, -0.05) is 36.4 Å². The van der Waals surface area contributed by atoms with Crippen LogP contribution in [0.2, 0.25) is 0 Å². The van der Waals surface area contributed by atoms with Crippen molar-refractivity contribution in [3.05, 3.63) is 60.2 Å². The number of hydrogen-bond acceptors (Lipinski definition) is 3. The Bertz CT molecular complexity index is 541. The molecule has 2 rings (SSSR count). The van der Waals surface area contributed by atoms with Crippen LogP contribution in [0.3, 0.4) is 0 Å². The molecule has 1 unspecified atom stereocenters. The fraction of sp³-hybridized carbons (Fsp3) is 0.0714. The summed E-state index contributed by atoms with van der Waals surface area (Å²) in [6.07, 6.45) is 0. The number of anilines is 1. The standard InChI is InChI=1S/C14H14N2O2/c15-13(10-5-2-1-3-6-10)14(18)16-11-7-4-8-12(17)9-11/h1-9,13,17H,15H2,(H,16,18). The third-order valence-corrected chi connectivity index (χ3v) is 2.55. The number of benzene rings is 2. The summed E-state index contributed by atoms with van der Waals surface area (Å²) in [6, 6.07) is 14.7. The molecule has 4 nitrogen and oxygen atoms in total. The number of rotatable bonds is 3. The van der Waals surface area contributed by atoms with Crippen molar-refractivity contribution in [1.29, 1.82) is 0 Å². The Morgan fingerprint density at radius 3 is 2.50 bits per heavy atom. The average molecular weight is 242 g/mol. The number of phenolic OH excluding ortho intramolecular Hbond substituents is 1. The van der Waals surface area contributed by atoms with Crippen LogP contribution >= 0.6 is 0 Å². The van der Waals surface area contributed by atoms with E-state index < -0.39 is 6.04 Å². The molecule has 18 heavy (non-hydrogen) atoms. The summed E-state index contributed by atoms with van der Waals surface area (Å²) >= 11 is 0. The summed E-state index contributed by atoms with van der Waals surface area (Å²) in [5.41, 5.74) is 7.12. The Hall–Kier alpha value is -2.33. The maximum Gasteiger partial charge on any atom is 0.245 e. The lowest BCUT2D eigenvalue weighted by molar-refractivity contribution is -0.117. The van der Waals surface area contributed by atoms with Crippen molar-refractivity contribution in [3.63, 3.8) is 0 Å². The van der Waals surface area contributed by atoms with Crippen LogP contribution in [-0.4, -0.2) is 11.0 Å². The van der Waals surface area contributed by atoms with Crippen LogP contribution in [0.5, 0.6) is 5.75 Å². The van der Waals surface area contributed by atoms with Gasteiger partial charge in [-0.2, -0.15) is 0 Å². The lowest BCUT2D eigenvalue weighted by atomic mass is 10.1. The van der Waals surface area contributed by atoms with Crippen molar-refractivity contribution in [2.24, 2.45) is 5.73 Å². The summed E-state index contributed by atoms with van der Waals surface area (Å²) in [5.74, 6) is -0.215. The molecule has 0 aromatic heterocycles.